The fraction of sp³-hybridized carbons (Fsp3) is 0.533. The second-order valence-electron chi connectivity index (χ2n) is 5.20. The molecule has 1 aromatic carbocycles. The van der Waals surface area contributed by atoms with Gasteiger partial charge < -0.3 is 14.7 Å². The third-order valence-electron chi connectivity index (χ3n) is 3.37. The van der Waals surface area contributed by atoms with E-state index in [2.05, 4.69) is 6.07 Å². The Kier molecular flexibility index (Phi) is 5.36. The van der Waals surface area contributed by atoms with Crippen molar-refractivity contribution in [3.8, 4) is 5.75 Å². The van der Waals surface area contributed by atoms with Gasteiger partial charge in [0.1, 0.15) is 5.75 Å². The first-order valence-corrected chi connectivity index (χ1v) is 6.40. The number of nitrogens with zero attached hydrogens (tertiary/aromatic N) is 1. The van der Waals surface area contributed by atoms with Crippen LogP contribution in [0, 0.1) is 12.8 Å². The van der Waals surface area contributed by atoms with E-state index < -0.39 is 11.9 Å². The Morgan fingerprint density at radius 1 is 1.42 bits per heavy atom. The third kappa shape index (κ3) is 3.96. The average Bonchev–Trinajstić information content (AvgIpc) is 2.34. The predicted octanol–water partition coefficient (Wildman–Crippen LogP) is 2.72. The van der Waals surface area contributed by atoms with Crippen molar-refractivity contribution in [2.75, 3.05) is 21.2 Å². The molecule has 0 radical (unpaired) electrons. The standard InChI is InChI=1S/C15H23NO3/c1-10-6-7-14(19-5)12(8-10)13(16(3)4)9-11(2)15(17)18/h6-8,11,13H,9H2,1-5H3,(H,17,18). The molecule has 2 atom stereocenters. The van der Waals surface area contributed by atoms with E-state index in [4.69, 9.17) is 9.84 Å². The van der Waals surface area contributed by atoms with Crippen LogP contribution in [0.1, 0.15) is 30.5 Å². The quantitative estimate of drug-likeness (QED) is 0.859. The highest BCUT2D eigenvalue weighted by Crippen LogP contribution is 2.33. The molecule has 0 bridgehead atoms. The highest BCUT2D eigenvalue weighted by atomic mass is 16.5. The van der Waals surface area contributed by atoms with Crippen LogP contribution in [0.25, 0.3) is 0 Å². The second kappa shape index (κ2) is 6.57. The van der Waals surface area contributed by atoms with Gasteiger partial charge in [-0.15, -0.1) is 0 Å². The molecule has 0 amide bonds. The number of methoxy groups -OCH3 is 1. The maximum Gasteiger partial charge on any atom is 0.306 e. The molecule has 1 aromatic rings. The summed E-state index contributed by atoms with van der Waals surface area (Å²) in [7, 11) is 5.56. The lowest BCUT2D eigenvalue weighted by molar-refractivity contribution is -0.141. The largest absolute Gasteiger partial charge is 0.496 e. The molecule has 0 saturated carbocycles. The van der Waals surface area contributed by atoms with Crippen LogP contribution in [0.2, 0.25) is 0 Å². The number of ether oxygens (including phenoxy) is 1. The minimum atomic E-state index is -0.765. The maximum absolute atomic E-state index is 11.1. The average molecular weight is 265 g/mol. The summed E-state index contributed by atoms with van der Waals surface area (Å²) in [6.07, 6.45) is 0.558. The Balaban J connectivity index is 3.11. The van der Waals surface area contributed by atoms with E-state index in [1.54, 1.807) is 14.0 Å². The molecular formula is C15H23NO3. The van der Waals surface area contributed by atoms with Crippen LogP contribution < -0.4 is 4.74 Å². The van der Waals surface area contributed by atoms with Gasteiger partial charge in [-0.05, 0) is 33.5 Å². The van der Waals surface area contributed by atoms with E-state index in [1.807, 2.05) is 38.1 Å². The first-order chi connectivity index (χ1) is 8.86. The molecule has 0 aliphatic rings. The van der Waals surface area contributed by atoms with Crippen LogP contribution in [-0.4, -0.2) is 37.2 Å². The topological polar surface area (TPSA) is 49.8 Å². The van der Waals surface area contributed by atoms with Crippen LogP contribution in [0.15, 0.2) is 18.2 Å². The molecule has 0 saturated heterocycles. The van der Waals surface area contributed by atoms with E-state index >= 15 is 0 Å². The van der Waals surface area contributed by atoms with E-state index in [0.717, 1.165) is 16.9 Å². The zero-order valence-electron chi connectivity index (χ0n) is 12.3. The molecule has 19 heavy (non-hydrogen) atoms. The third-order valence-corrected chi connectivity index (χ3v) is 3.37. The first-order valence-electron chi connectivity index (χ1n) is 6.40. The summed E-state index contributed by atoms with van der Waals surface area (Å²) in [5, 5.41) is 9.09. The van der Waals surface area contributed by atoms with Crippen molar-refractivity contribution >= 4 is 5.97 Å². The lowest BCUT2D eigenvalue weighted by atomic mass is 9.93. The van der Waals surface area contributed by atoms with Gasteiger partial charge >= 0.3 is 5.97 Å². The monoisotopic (exact) mass is 265 g/mol. The molecule has 1 rings (SSSR count). The summed E-state index contributed by atoms with van der Waals surface area (Å²) in [5.41, 5.74) is 2.19. The van der Waals surface area contributed by atoms with Crippen molar-refractivity contribution < 1.29 is 14.6 Å². The molecule has 0 spiro atoms. The van der Waals surface area contributed by atoms with E-state index in [-0.39, 0.29) is 6.04 Å². The summed E-state index contributed by atoms with van der Waals surface area (Å²) >= 11 is 0. The molecule has 0 fully saturated rings. The van der Waals surface area contributed by atoms with Gasteiger partial charge in [0.05, 0.1) is 13.0 Å². The molecule has 0 aromatic heterocycles. The van der Waals surface area contributed by atoms with Crippen molar-refractivity contribution in [1.29, 1.82) is 0 Å². The Bertz CT molecular complexity index is 443. The Hall–Kier alpha value is -1.55. The normalized spacial score (nSPS) is 14.2. The Morgan fingerprint density at radius 3 is 2.53 bits per heavy atom. The Morgan fingerprint density at radius 2 is 2.05 bits per heavy atom. The van der Waals surface area contributed by atoms with E-state index in [0.29, 0.717) is 6.42 Å². The maximum atomic E-state index is 11.1. The number of aryl methyl sites for hydroxylation is 1. The van der Waals surface area contributed by atoms with Crippen LogP contribution in [-0.2, 0) is 4.79 Å². The van der Waals surface area contributed by atoms with Crippen LogP contribution in [0.3, 0.4) is 0 Å². The summed E-state index contributed by atoms with van der Waals surface area (Å²) in [6.45, 7) is 3.76. The van der Waals surface area contributed by atoms with Gasteiger partial charge in [-0.25, -0.2) is 0 Å². The van der Waals surface area contributed by atoms with Crippen LogP contribution in [0.4, 0.5) is 0 Å². The number of carboxylic acids is 1. The lowest BCUT2D eigenvalue weighted by Crippen LogP contribution is -2.25. The lowest BCUT2D eigenvalue weighted by Gasteiger charge is -2.28. The number of carboxylic acid groups (broad SMARTS) is 1. The molecule has 0 aliphatic carbocycles. The van der Waals surface area contributed by atoms with Gasteiger partial charge in [0, 0.05) is 11.6 Å². The number of aliphatic carboxylic acids is 1. The van der Waals surface area contributed by atoms with Gasteiger partial charge in [-0.1, -0.05) is 24.6 Å². The molecule has 4 nitrogen and oxygen atoms in total. The first kappa shape index (κ1) is 15.5. The second-order valence-corrected chi connectivity index (χ2v) is 5.20. The minimum absolute atomic E-state index is 0.0287. The van der Waals surface area contributed by atoms with Crippen LogP contribution >= 0.6 is 0 Å². The predicted molar refractivity (Wildman–Crippen MR) is 75.6 cm³/mol. The molecule has 4 heteroatoms. The van der Waals surface area contributed by atoms with E-state index in [9.17, 15) is 4.79 Å². The van der Waals surface area contributed by atoms with Crippen molar-refractivity contribution in [3.63, 3.8) is 0 Å². The summed E-state index contributed by atoms with van der Waals surface area (Å²) < 4.78 is 5.40. The summed E-state index contributed by atoms with van der Waals surface area (Å²) in [6, 6.07) is 6.03. The van der Waals surface area contributed by atoms with Gasteiger partial charge in [-0.3, -0.25) is 4.79 Å². The van der Waals surface area contributed by atoms with Crippen molar-refractivity contribution in [3.05, 3.63) is 29.3 Å². The molecule has 106 valence electrons. The highest BCUT2D eigenvalue weighted by molar-refractivity contribution is 5.69. The fourth-order valence-electron chi connectivity index (χ4n) is 2.17. The molecule has 0 heterocycles. The summed E-state index contributed by atoms with van der Waals surface area (Å²) in [5.74, 6) is -0.349. The molecule has 2 unspecified atom stereocenters. The van der Waals surface area contributed by atoms with Gasteiger partial charge in [0.25, 0.3) is 0 Å². The minimum Gasteiger partial charge on any atom is -0.496 e. The zero-order chi connectivity index (χ0) is 14.6. The molecular weight excluding hydrogens is 242 g/mol. The van der Waals surface area contributed by atoms with Gasteiger partial charge in [0.15, 0.2) is 0 Å². The SMILES string of the molecule is COc1ccc(C)cc1C(CC(C)C(=O)O)N(C)C. The number of benzene rings is 1. The fourth-order valence-corrected chi connectivity index (χ4v) is 2.17. The van der Waals surface area contributed by atoms with Gasteiger partial charge in [-0.2, -0.15) is 0 Å². The smallest absolute Gasteiger partial charge is 0.306 e. The number of hydrogen-bond donors (Lipinski definition) is 1. The van der Waals surface area contributed by atoms with Crippen molar-refractivity contribution in [2.45, 2.75) is 26.3 Å². The number of hydrogen-bond acceptors (Lipinski definition) is 3. The number of rotatable bonds is 6. The molecule has 1 N–H and O–H groups in total. The molecule has 0 aliphatic heterocycles. The van der Waals surface area contributed by atoms with E-state index in [1.165, 1.54) is 0 Å². The van der Waals surface area contributed by atoms with Crippen molar-refractivity contribution in [1.82, 2.24) is 4.90 Å². The van der Waals surface area contributed by atoms with Crippen LogP contribution in [0.5, 0.6) is 5.75 Å². The van der Waals surface area contributed by atoms with Crippen molar-refractivity contribution in [2.24, 2.45) is 5.92 Å². The summed E-state index contributed by atoms with van der Waals surface area (Å²) in [4.78, 5) is 13.1. The van der Waals surface area contributed by atoms with Gasteiger partial charge in [0.2, 0.25) is 0 Å². The zero-order valence-corrected chi connectivity index (χ0v) is 12.3. The Labute approximate surface area is 115 Å². The highest BCUT2D eigenvalue weighted by Gasteiger charge is 2.24. The number of carbonyl (C=O) groups is 1.